The zero-order chi connectivity index (χ0) is 19.1. The van der Waals surface area contributed by atoms with Crippen molar-refractivity contribution in [2.24, 2.45) is 11.3 Å². The van der Waals surface area contributed by atoms with E-state index in [0.717, 1.165) is 29.9 Å². The topological polar surface area (TPSA) is 40.6 Å². The predicted molar refractivity (Wildman–Crippen MR) is 109 cm³/mol. The number of hydrogen-bond donors (Lipinski definition) is 0. The summed E-state index contributed by atoms with van der Waals surface area (Å²) in [6, 6.07) is 0.562. The molecule has 0 aromatic rings. The van der Waals surface area contributed by atoms with Crippen LogP contribution in [0.25, 0.3) is 0 Å². The Kier molecular flexibility index (Phi) is 5.72. The Morgan fingerprint density at radius 1 is 1.00 bits per heavy atom. The third kappa shape index (κ3) is 3.95. The van der Waals surface area contributed by atoms with E-state index in [9.17, 15) is 8.42 Å². The summed E-state index contributed by atoms with van der Waals surface area (Å²) in [4.78, 5) is 2.60. The van der Waals surface area contributed by atoms with Crippen LogP contribution < -0.4 is 0 Å². The molecule has 2 saturated heterocycles. The quantitative estimate of drug-likeness (QED) is 0.747. The van der Waals surface area contributed by atoms with E-state index >= 15 is 0 Å². The van der Waals surface area contributed by atoms with Gasteiger partial charge in [-0.05, 0) is 58.5 Å². The van der Waals surface area contributed by atoms with Gasteiger partial charge in [0.2, 0.25) is 10.0 Å². The van der Waals surface area contributed by atoms with E-state index in [1.165, 1.54) is 25.9 Å². The molecule has 0 bridgehead atoms. The molecule has 4 nitrogen and oxygen atoms in total. The van der Waals surface area contributed by atoms with Crippen molar-refractivity contribution in [2.75, 3.05) is 26.2 Å². The predicted octanol–water partition coefficient (Wildman–Crippen LogP) is 3.81. The highest BCUT2D eigenvalue weighted by atomic mass is 32.2. The Bertz CT molecular complexity index is 677. The molecule has 5 heteroatoms. The van der Waals surface area contributed by atoms with Gasteiger partial charge in [0.15, 0.2) is 0 Å². The molecule has 0 N–H and O–H groups in total. The van der Waals surface area contributed by atoms with Crippen LogP contribution in [0.5, 0.6) is 0 Å². The van der Waals surface area contributed by atoms with Crippen LogP contribution in [0.1, 0.15) is 60.3 Å². The molecule has 0 saturated carbocycles. The summed E-state index contributed by atoms with van der Waals surface area (Å²) in [7, 11) is -3.33. The van der Waals surface area contributed by atoms with Crippen molar-refractivity contribution in [3.8, 4) is 0 Å². The molecule has 2 aliphatic heterocycles. The summed E-state index contributed by atoms with van der Waals surface area (Å²) < 4.78 is 28.7. The number of piperidine rings is 2. The number of nitrogens with zero attached hydrogens (tertiary/aromatic N) is 2. The van der Waals surface area contributed by atoms with Crippen LogP contribution in [0.15, 0.2) is 23.3 Å². The molecular formula is C21H36N2O2S. The maximum atomic E-state index is 13.4. The Labute approximate surface area is 160 Å². The van der Waals surface area contributed by atoms with E-state index in [0.29, 0.717) is 19.1 Å². The van der Waals surface area contributed by atoms with E-state index in [2.05, 4.69) is 38.7 Å². The number of hydrogen-bond acceptors (Lipinski definition) is 3. The van der Waals surface area contributed by atoms with Crippen molar-refractivity contribution >= 4 is 10.0 Å². The SMILES string of the molecule is CC1=CC(C)(C)C(S(=O)(=O)N2CCC(N3CCC(C)CC3)CC2)C(C)=C1. The molecule has 3 rings (SSSR count). The summed E-state index contributed by atoms with van der Waals surface area (Å²) in [6.07, 6.45) is 8.66. The first-order valence-corrected chi connectivity index (χ1v) is 11.7. The van der Waals surface area contributed by atoms with Crippen LogP contribution in [-0.4, -0.2) is 55.1 Å². The van der Waals surface area contributed by atoms with Gasteiger partial charge in [0.1, 0.15) is 5.25 Å². The molecule has 0 radical (unpaired) electrons. The molecule has 1 unspecified atom stereocenters. The van der Waals surface area contributed by atoms with Crippen LogP contribution in [0, 0.1) is 11.3 Å². The van der Waals surface area contributed by atoms with Crippen molar-refractivity contribution in [1.29, 1.82) is 0 Å². The van der Waals surface area contributed by atoms with Gasteiger partial charge in [-0.15, -0.1) is 0 Å². The molecule has 0 amide bonds. The monoisotopic (exact) mass is 380 g/mol. The second kappa shape index (κ2) is 7.40. The van der Waals surface area contributed by atoms with Crippen molar-refractivity contribution in [1.82, 2.24) is 9.21 Å². The standard InChI is InChI=1S/C21H36N2O2S/c1-16-6-10-22(11-7-16)19-8-12-23(13-9-19)26(24,25)20-18(3)14-17(2)15-21(20,4)5/h14-16,19-20H,6-13H2,1-5H3. The van der Waals surface area contributed by atoms with Gasteiger partial charge in [0, 0.05) is 24.5 Å². The number of rotatable bonds is 3. The van der Waals surface area contributed by atoms with Gasteiger partial charge in [-0.3, -0.25) is 0 Å². The van der Waals surface area contributed by atoms with Crippen molar-refractivity contribution < 1.29 is 8.42 Å². The van der Waals surface area contributed by atoms with Gasteiger partial charge in [-0.2, -0.15) is 0 Å². The van der Waals surface area contributed by atoms with Gasteiger partial charge in [-0.25, -0.2) is 12.7 Å². The van der Waals surface area contributed by atoms with Crippen LogP contribution in [-0.2, 0) is 10.0 Å². The number of likely N-dealkylation sites (tertiary alicyclic amines) is 1. The first kappa shape index (κ1) is 20.1. The molecule has 1 aliphatic carbocycles. The van der Waals surface area contributed by atoms with Gasteiger partial charge < -0.3 is 4.90 Å². The van der Waals surface area contributed by atoms with E-state index in [1.807, 2.05) is 13.0 Å². The lowest BCUT2D eigenvalue weighted by Gasteiger charge is -2.43. The highest BCUT2D eigenvalue weighted by Crippen LogP contribution is 2.40. The number of allylic oxidation sites excluding steroid dienone is 3. The molecule has 26 heavy (non-hydrogen) atoms. The lowest BCUT2D eigenvalue weighted by Crippen LogP contribution is -2.52. The summed E-state index contributed by atoms with van der Waals surface area (Å²) in [5.74, 6) is 0.839. The van der Waals surface area contributed by atoms with Crippen LogP contribution in [0.4, 0.5) is 0 Å². The Morgan fingerprint density at radius 2 is 1.58 bits per heavy atom. The molecule has 148 valence electrons. The molecule has 1 atom stereocenters. The highest BCUT2D eigenvalue weighted by molar-refractivity contribution is 7.90. The number of sulfonamides is 1. The fourth-order valence-electron chi connectivity index (χ4n) is 5.35. The van der Waals surface area contributed by atoms with Gasteiger partial charge in [0.25, 0.3) is 0 Å². The second-order valence-corrected chi connectivity index (χ2v) is 11.4. The summed E-state index contributed by atoms with van der Waals surface area (Å²) >= 11 is 0. The van der Waals surface area contributed by atoms with E-state index < -0.39 is 15.3 Å². The van der Waals surface area contributed by atoms with Crippen molar-refractivity contribution in [2.45, 2.75) is 71.6 Å². The first-order chi connectivity index (χ1) is 12.1. The fourth-order valence-corrected chi connectivity index (χ4v) is 7.74. The first-order valence-electron chi connectivity index (χ1n) is 10.2. The van der Waals surface area contributed by atoms with Gasteiger partial charge in [0.05, 0.1) is 0 Å². The average Bonchev–Trinajstić information content (AvgIpc) is 2.53. The molecule has 2 heterocycles. The van der Waals surface area contributed by atoms with Crippen LogP contribution >= 0.6 is 0 Å². The van der Waals surface area contributed by atoms with Gasteiger partial charge >= 0.3 is 0 Å². The maximum Gasteiger partial charge on any atom is 0.221 e. The zero-order valence-corrected chi connectivity index (χ0v) is 18.0. The molecule has 0 aromatic heterocycles. The smallest absolute Gasteiger partial charge is 0.221 e. The zero-order valence-electron chi connectivity index (χ0n) is 17.2. The minimum Gasteiger partial charge on any atom is -0.300 e. The minimum absolute atomic E-state index is 0.360. The third-order valence-electron chi connectivity index (χ3n) is 6.56. The van der Waals surface area contributed by atoms with Crippen LogP contribution in [0.2, 0.25) is 0 Å². The Morgan fingerprint density at radius 3 is 2.12 bits per heavy atom. The normalized spacial score (nSPS) is 30.1. The summed E-state index contributed by atoms with van der Waals surface area (Å²) in [5, 5.41) is -0.439. The summed E-state index contributed by atoms with van der Waals surface area (Å²) in [5.41, 5.74) is 1.78. The largest absolute Gasteiger partial charge is 0.300 e. The highest BCUT2D eigenvalue weighted by Gasteiger charge is 2.45. The Hall–Kier alpha value is -0.650. The summed E-state index contributed by atoms with van der Waals surface area (Å²) in [6.45, 7) is 14.2. The second-order valence-electron chi connectivity index (χ2n) is 9.37. The Balaban J connectivity index is 1.68. The molecule has 0 aromatic carbocycles. The minimum atomic E-state index is -3.33. The van der Waals surface area contributed by atoms with Crippen molar-refractivity contribution in [3.05, 3.63) is 23.3 Å². The van der Waals surface area contributed by atoms with Gasteiger partial charge in [-0.1, -0.05) is 44.1 Å². The van der Waals surface area contributed by atoms with Crippen molar-refractivity contribution in [3.63, 3.8) is 0 Å². The third-order valence-corrected chi connectivity index (χ3v) is 9.22. The molecule has 3 aliphatic rings. The van der Waals surface area contributed by atoms with E-state index in [1.54, 1.807) is 4.31 Å². The lowest BCUT2D eigenvalue weighted by molar-refractivity contribution is 0.100. The van der Waals surface area contributed by atoms with E-state index in [4.69, 9.17) is 0 Å². The van der Waals surface area contributed by atoms with E-state index in [-0.39, 0.29) is 5.41 Å². The fraction of sp³-hybridized carbons (Fsp3) is 0.810. The van der Waals surface area contributed by atoms with Crippen LogP contribution in [0.3, 0.4) is 0 Å². The molecule has 2 fully saturated rings. The average molecular weight is 381 g/mol. The lowest BCUT2D eigenvalue weighted by atomic mass is 9.80. The maximum absolute atomic E-state index is 13.4. The molecule has 0 spiro atoms. The molecular weight excluding hydrogens is 344 g/mol.